The highest BCUT2D eigenvalue weighted by molar-refractivity contribution is 6.22. The van der Waals surface area contributed by atoms with Gasteiger partial charge in [-0.3, -0.25) is 19.3 Å². The second-order valence-corrected chi connectivity index (χ2v) is 8.91. The number of nitrogens with zero attached hydrogens (tertiary/aromatic N) is 1. The largest absolute Gasteiger partial charge is 0.508 e. The molecule has 0 unspecified atom stereocenters. The predicted molar refractivity (Wildman–Crippen MR) is 112 cm³/mol. The third kappa shape index (κ3) is 2.79. The van der Waals surface area contributed by atoms with Crippen molar-refractivity contribution in [2.45, 2.75) is 44.4 Å². The summed E-state index contributed by atoms with van der Waals surface area (Å²) in [5, 5.41) is 55.9. The van der Waals surface area contributed by atoms with Gasteiger partial charge in [0.05, 0.1) is 17.2 Å². The highest BCUT2D eigenvalue weighted by Crippen LogP contribution is 2.57. The van der Waals surface area contributed by atoms with Crippen molar-refractivity contribution in [1.82, 2.24) is 4.90 Å². The first kappa shape index (κ1) is 23.7. The van der Waals surface area contributed by atoms with Crippen LogP contribution >= 0.6 is 0 Å². The van der Waals surface area contributed by atoms with Crippen LogP contribution in [-0.4, -0.2) is 79.2 Å². The van der Waals surface area contributed by atoms with Crippen LogP contribution in [0.15, 0.2) is 45.6 Å². The zero-order valence-corrected chi connectivity index (χ0v) is 18.5. The van der Waals surface area contributed by atoms with Crippen LogP contribution in [0.5, 0.6) is 0 Å². The van der Waals surface area contributed by atoms with Gasteiger partial charge in [-0.2, -0.15) is 0 Å². The van der Waals surface area contributed by atoms with Crippen molar-refractivity contribution in [2.24, 2.45) is 17.6 Å². The van der Waals surface area contributed by atoms with Gasteiger partial charge in [0.15, 0.2) is 17.2 Å². The molecule has 10 nitrogen and oxygen atoms in total. The monoisotopic (exact) mass is 448 g/mol. The molecular weight excluding hydrogens is 420 g/mol. The van der Waals surface area contributed by atoms with Gasteiger partial charge in [-0.1, -0.05) is 6.08 Å². The molecule has 0 spiro atoms. The molecule has 1 amide bonds. The molecule has 3 aliphatic rings. The minimum atomic E-state index is -2.65. The zero-order chi connectivity index (χ0) is 24.5. The van der Waals surface area contributed by atoms with Gasteiger partial charge in [0.25, 0.3) is 5.91 Å². The number of fused-ring (bicyclic) bond motifs is 2. The number of likely N-dealkylation sites (N-methyl/N-ethyl adjacent to an activating group) is 1. The summed E-state index contributed by atoms with van der Waals surface area (Å²) >= 11 is 0. The van der Waals surface area contributed by atoms with Crippen molar-refractivity contribution >= 4 is 17.5 Å². The van der Waals surface area contributed by atoms with Crippen molar-refractivity contribution in [3.8, 4) is 0 Å². The van der Waals surface area contributed by atoms with E-state index in [0.29, 0.717) is 0 Å². The van der Waals surface area contributed by atoms with Crippen molar-refractivity contribution in [2.75, 3.05) is 14.1 Å². The molecule has 0 saturated carbocycles. The molecule has 0 aromatic carbocycles. The lowest BCUT2D eigenvalue weighted by Gasteiger charge is -2.53. The van der Waals surface area contributed by atoms with Gasteiger partial charge in [-0.25, -0.2) is 0 Å². The number of primary amides is 1. The molecule has 32 heavy (non-hydrogen) atoms. The number of rotatable bonds is 3. The molecule has 5 atom stereocenters. The first-order chi connectivity index (χ1) is 14.6. The Morgan fingerprint density at radius 1 is 1.12 bits per heavy atom. The zero-order valence-electron chi connectivity index (χ0n) is 18.5. The summed E-state index contributed by atoms with van der Waals surface area (Å²) in [6.07, 6.45) is 1.29. The summed E-state index contributed by atoms with van der Waals surface area (Å²) in [6.45, 7) is 4.15. The Balaban J connectivity index is 2.48. The maximum absolute atomic E-state index is 13.0. The van der Waals surface area contributed by atoms with Crippen LogP contribution in [-0.2, 0) is 14.4 Å². The Bertz CT molecular complexity index is 1060. The molecule has 0 radical (unpaired) electrons. The molecule has 0 aliphatic heterocycles. The summed E-state index contributed by atoms with van der Waals surface area (Å²) in [5.41, 5.74) is -0.452. The lowest BCUT2D eigenvalue weighted by Crippen LogP contribution is -2.64. The lowest BCUT2D eigenvalue weighted by atomic mass is 9.56. The molecular formula is C22H28N2O8. The fraction of sp³-hybridized carbons (Fsp3) is 0.500. The number of aliphatic hydroxyl groups excluding tert-OH is 3. The average molecular weight is 448 g/mol. The number of nitrogens with two attached hydrogens (primary N) is 1. The van der Waals surface area contributed by atoms with Crippen molar-refractivity contribution in [3.05, 3.63) is 45.6 Å². The number of carbonyl (C=O) groups is 3. The van der Waals surface area contributed by atoms with Gasteiger partial charge < -0.3 is 31.3 Å². The quantitative estimate of drug-likeness (QED) is 0.326. The first-order valence-electron chi connectivity index (χ1n) is 10.1. The van der Waals surface area contributed by atoms with E-state index >= 15 is 0 Å². The first-order valence-corrected chi connectivity index (χ1v) is 10.1. The summed E-state index contributed by atoms with van der Waals surface area (Å²) < 4.78 is 0. The summed E-state index contributed by atoms with van der Waals surface area (Å²) in [7, 11) is 3.03. The van der Waals surface area contributed by atoms with E-state index in [1.165, 1.54) is 38.9 Å². The Morgan fingerprint density at radius 3 is 2.12 bits per heavy atom. The molecule has 0 bridgehead atoms. The fourth-order valence-electron chi connectivity index (χ4n) is 5.49. The number of ketones is 2. The van der Waals surface area contributed by atoms with E-state index < -0.39 is 69.4 Å². The third-order valence-corrected chi connectivity index (χ3v) is 6.91. The van der Waals surface area contributed by atoms with Gasteiger partial charge in [0, 0.05) is 17.4 Å². The SMILES string of the molecule is CC=C1C(C(C)=O)=C(O)C2=C(O)[C@]3(O)C(O)=C(C(N)=O)C(=O)[C@@H](N(C)C)[C@@H]3C[C@@H]2[C@]1(C)O. The van der Waals surface area contributed by atoms with Crippen molar-refractivity contribution in [3.63, 3.8) is 0 Å². The maximum Gasteiger partial charge on any atom is 0.255 e. The summed E-state index contributed by atoms with van der Waals surface area (Å²) in [6, 6.07) is -1.19. The van der Waals surface area contributed by atoms with E-state index in [9.17, 15) is 39.9 Å². The summed E-state index contributed by atoms with van der Waals surface area (Å²) in [4.78, 5) is 38.7. The minimum Gasteiger partial charge on any atom is -0.508 e. The Hall–Kier alpha value is -2.95. The van der Waals surface area contributed by atoms with E-state index in [1.807, 2.05) is 0 Å². The molecule has 3 aliphatic carbocycles. The predicted octanol–water partition coefficient (Wildman–Crippen LogP) is 0.0880. The molecule has 0 aromatic rings. The normalized spacial score (nSPS) is 36.6. The average Bonchev–Trinajstić information content (AvgIpc) is 2.66. The Morgan fingerprint density at radius 2 is 1.69 bits per heavy atom. The van der Waals surface area contributed by atoms with Gasteiger partial charge in [0.1, 0.15) is 22.9 Å². The molecule has 0 fully saturated rings. The van der Waals surface area contributed by atoms with Crippen LogP contribution < -0.4 is 5.73 Å². The van der Waals surface area contributed by atoms with E-state index in [0.717, 1.165) is 0 Å². The second-order valence-electron chi connectivity index (χ2n) is 8.91. The number of allylic oxidation sites excluding steroid dienone is 2. The molecule has 7 N–H and O–H groups in total. The number of hydrogen-bond acceptors (Lipinski definition) is 9. The third-order valence-electron chi connectivity index (χ3n) is 6.91. The second kappa shape index (κ2) is 7.29. The van der Waals surface area contributed by atoms with Gasteiger partial charge >= 0.3 is 0 Å². The van der Waals surface area contributed by atoms with Crippen LogP contribution in [0.1, 0.15) is 27.2 Å². The van der Waals surface area contributed by atoms with Gasteiger partial charge in [-0.15, -0.1) is 0 Å². The minimum absolute atomic E-state index is 0.135. The number of hydrogen-bond donors (Lipinski definition) is 6. The van der Waals surface area contributed by atoms with E-state index in [-0.39, 0.29) is 23.1 Å². The van der Waals surface area contributed by atoms with Gasteiger partial charge in [-0.05, 0) is 46.9 Å². The molecule has 0 heterocycles. The van der Waals surface area contributed by atoms with Crippen LogP contribution in [0.2, 0.25) is 0 Å². The standard InChI is InChI=1S/C22H28N2O8/c1-6-9-12(8(2)25)16(26)13-10(21(9,3)31)7-11-15(24(4)5)17(27)14(20(23)30)19(29)22(11,32)18(13)28/h6,10-11,15,26,28-29,31-32H,7H2,1-5H3,(H2,23,30)/t10-,11-,15-,21+,22-/m0/s1. The lowest BCUT2D eigenvalue weighted by molar-refractivity contribution is -0.138. The topological polar surface area (TPSA) is 182 Å². The van der Waals surface area contributed by atoms with Gasteiger partial charge in [0.2, 0.25) is 0 Å². The van der Waals surface area contributed by atoms with E-state index in [2.05, 4.69) is 0 Å². The molecule has 3 rings (SSSR count). The van der Waals surface area contributed by atoms with Crippen LogP contribution in [0, 0.1) is 11.8 Å². The highest BCUT2D eigenvalue weighted by Gasteiger charge is 2.64. The van der Waals surface area contributed by atoms with E-state index in [1.54, 1.807) is 6.92 Å². The summed E-state index contributed by atoms with van der Waals surface area (Å²) in [5.74, 6) is -7.71. The number of carbonyl (C=O) groups excluding carboxylic acids is 3. The highest BCUT2D eigenvalue weighted by atomic mass is 16.4. The van der Waals surface area contributed by atoms with Crippen molar-refractivity contribution in [1.29, 1.82) is 0 Å². The van der Waals surface area contributed by atoms with E-state index in [4.69, 9.17) is 5.73 Å². The van der Waals surface area contributed by atoms with Crippen LogP contribution in [0.4, 0.5) is 0 Å². The Labute approximate surface area is 184 Å². The maximum atomic E-state index is 13.0. The van der Waals surface area contributed by atoms with Crippen molar-refractivity contribution < 1.29 is 39.9 Å². The molecule has 174 valence electrons. The number of amides is 1. The number of Topliss-reactive ketones (excluding diaryl/α,β-unsaturated/α-hetero) is 2. The fourth-order valence-corrected chi connectivity index (χ4v) is 5.49. The van der Waals surface area contributed by atoms with Crippen LogP contribution in [0.3, 0.4) is 0 Å². The molecule has 0 aromatic heterocycles. The smallest absolute Gasteiger partial charge is 0.255 e. The molecule has 10 heteroatoms. The Kier molecular flexibility index (Phi) is 5.40. The van der Waals surface area contributed by atoms with Crippen LogP contribution in [0.25, 0.3) is 0 Å². The molecule has 0 saturated heterocycles. The number of aliphatic hydroxyl groups is 5.